The molecule has 0 bridgehead atoms. The maximum absolute atomic E-state index is 14.3. The van der Waals surface area contributed by atoms with Crippen LogP contribution in [0, 0.1) is 0 Å². The molecule has 0 spiro atoms. The van der Waals surface area contributed by atoms with Gasteiger partial charge in [0.05, 0.1) is 0 Å². The Labute approximate surface area is 100.0 Å². The number of benzene rings is 1. The van der Waals surface area contributed by atoms with E-state index in [4.69, 9.17) is 11.8 Å². The molecule has 0 aromatic heterocycles. The zero-order chi connectivity index (χ0) is 11.3. The zero-order valence-electron chi connectivity index (χ0n) is 8.89. The van der Waals surface area contributed by atoms with Crippen LogP contribution in [-0.2, 0) is 11.8 Å². The molecule has 1 unspecified atom stereocenters. The third-order valence-electron chi connectivity index (χ3n) is 2.03. The molecule has 0 saturated heterocycles. The summed E-state index contributed by atoms with van der Waals surface area (Å²) in [6, 6.07) is 9.52. The quantitative estimate of drug-likeness (QED) is 0.729. The summed E-state index contributed by atoms with van der Waals surface area (Å²) >= 11 is 6.27. The first-order chi connectivity index (χ1) is 7.10. The van der Waals surface area contributed by atoms with Crippen molar-refractivity contribution in [3.05, 3.63) is 30.3 Å². The molecule has 84 valence electrons. The van der Waals surface area contributed by atoms with Crippen molar-refractivity contribution in [2.45, 2.75) is 18.7 Å². The van der Waals surface area contributed by atoms with Crippen molar-refractivity contribution < 1.29 is 4.20 Å². The van der Waals surface area contributed by atoms with E-state index in [-0.39, 0.29) is 0 Å². The number of rotatable bonds is 5. The molecule has 0 heterocycles. The predicted molar refractivity (Wildman–Crippen MR) is 70.6 cm³/mol. The van der Waals surface area contributed by atoms with E-state index in [0.717, 1.165) is 4.90 Å². The van der Waals surface area contributed by atoms with Crippen LogP contribution in [0.15, 0.2) is 35.2 Å². The summed E-state index contributed by atoms with van der Waals surface area (Å²) in [5.74, 6) is 0. The van der Waals surface area contributed by atoms with Crippen molar-refractivity contribution in [1.82, 2.24) is 4.67 Å². The molecule has 15 heavy (non-hydrogen) atoms. The minimum Gasteiger partial charge on any atom is -0.243 e. The van der Waals surface area contributed by atoms with Gasteiger partial charge in [-0.05, 0) is 35.3 Å². The maximum Gasteiger partial charge on any atom is 0.236 e. The minimum absolute atomic E-state index is 0.671. The summed E-state index contributed by atoms with van der Waals surface area (Å²) in [4.78, 5) is 0.912. The molecule has 0 N–H and O–H groups in total. The summed E-state index contributed by atoms with van der Waals surface area (Å²) in [5, 5.41) is 0. The average molecular weight is 263 g/mol. The van der Waals surface area contributed by atoms with Gasteiger partial charge in [0, 0.05) is 18.0 Å². The Morgan fingerprint density at radius 3 is 2.27 bits per heavy atom. The SMILES string of the molecule is CCN(CC)P(F)(=S)Sc1ccccc1. The first-order valence-corrected chi connectivity index (χ1v) is 8.96. The Bertz CT molecular complexity index is 341. The van der Waals surface area contributed by atoms with Crippen molar-refractivity contribution in [2.75, 3.05) is 13.1 Å². The van der Waals surface area contributed by atoms with E-state index in [9.17, 15) is 4.20 Å². The second-order valence-electron chi connectivity index (χ2n) is 2.99. The Morgan fingerprint density at radius 1 is 1.27 bits per heavy atom. The van der Waals surface area contributed by atoms with Crippen LogP contribution in [0.2, 0.25) is 0 Å². The van der Waals surface area contributed by atoms with Gasteiger partial charge in [0.2, 0.25) is 5.70 Å². The Morgan fingerprint density at radius 2 is 1.80 bits per heavy atom. The van der Waals surface area contributed by atoms with E-state index in [2.05, 4.69) is 0 Å². The first kappa shape index (κ1) is 13.2. The number of halogens is 1. The standard InChI is InChI=1S/C10H15FNPS2/c1-3-12(4-2)13(11,14)15-10-8-6-5-7-9-10/h5-9H,3-4H2,1-2H3. The maximum atomic E-state index is 14.3. The van der Waals surface area contributed by atoms with E-state index < -0.39 is 5.70 Å². The van der Waals surface area contributed by atoms with Gasteiger partial charge >= 0.3 is 0 Å². The molecular formula is C10H15FNPS2. The molecule has 1 aromatic carbocycles. The molecule has 0 aliphatic rings. The number of hydrogen-bond donors (Lipinski definition) is 0. The van der Waals surface area contributed by atoms with Gasteiger partial charge in [0.25, 0.3) is 0 Å². The second-order valence-corrected chi connectivity index (χ2v) is 9.26. The molecule has 1 aromatic rings. The van der Waals surface area contributed by atoms with Crippen LogP contribution in [-0.4, -0.2) is 17.8 Å². The highest BCUT2D eigenvalue weighted by Crippen LogP contribution is 2.65. The van der Waals surface area contributed by atoms with Crippen LogP contribution in [0.5, 0.6) is 0 Å². The Kier molecular flexibility index (Phi) is 5.27. The zero-order valence-corrected chi connectivity index (χ0v) is 11.4. The highest BCUT2D eigenvalue weighted by Gasteiger charge is 2.24. The van der Waals surface area contributed by atoms with Crippen molar-refractivity contribution in [3.63, 3.8) is 0 Å². The molecule has 0 amide bonds. The van der Waals surface area contributed by atoms with Gasteiger partial charge < -0.3 is 0 Å². The predicted octanol–water partition coefficient (Wildman–Crippen LogP) is 4.31. The molecule has 0 saturated carbocycles. The largest absolute Gasteiger partial charge is 0.243 e. The van der Waals surface area contributed by atoms with E-state index >= 15 is 0 Å². The summed E-state index contributed by atoms with van der Waals surface area (Å²) in [6.07, 6.45) is 0. The van der Waals surface area contributed by atoms with Gasteiger partial charge in [-0.3, -0.25) is 0 Å². The molecule has 1 rings (SSSR count). The van der Waals surface area contributed by atoms with Gasteiger partial charge in [0.15, 0.2) is 0 Å². The lowest BCUT2D eigenvalue weighted by Gasteiger charge is -2.25. The van der Waals surface area contributed by atoms with Gasteiger partial charge in [-0.15, -0.1) is 0 Å². The number of nitrogens with zero attached hydrogens (tertiary/aromatic N) is 1. The van der Waals surface area contributed by atoms with Gasteiger partial charge in [-0.1, -0.05) is 32.0 Å². The van der Waals surface area contributed by atoms with Crippen molar-refractivity contribution in [2.24, 2.45) is 0 Å². The average Bonchev–Trinajstić information content (AvgIpc) is 2.19. The topological polar surface area (TPSA) is 3.24 Å². The van der Waals surface area contributed by atoms with Crippen molar-refractivity contribution in [1.29, 1.82) is 0 Å². The third kappa shape index (κ3) is 3.87. The van der Waals surface area contributed by atoms with Crippen LogP contribution in [0.1, 0.15) is 13.8 Å². The molecule has 0 aliphatic heterocycles. The highest BCUT2D eigenvalue weighted by molar-refractivity contribution is 8.68. The normalized spacial score (nSPS) is 15.2. The van der Waals surface area contributed by atoms with Crippen LogP contribution < -0.4 is 0 Å². The fourth-order valence-electron chi connectivity index (χ4n) is 1.23. The summed E-state index contributed by atoms with van der Waals surface area (Å²) < 4.78 is 16.0. The minimum atomic E-state index is -2.94. The third-order valence-corrected chi connectivity index (χ3v) is 7.34. The Balaban J connectivity index is 2.76. The smallest absolute Gasteiger partial charge is 0.236 e. The monoisotopic (exact) mass is 263 g/mol. The Hall–Kier alpha value is 0.110. The lowest BCUT2D eigenvalue weighted by molar-refractivity contribution is 0.490. The highest BCUT2D eigenvalue weighted by atomic mass is 32.9. The fraction of sp³-hybridized carbons (Fsp3) is 0.400. The molecule has 1 nitrogen and oxygen atoms in total. The summed E-state index contributed by atoms with van der Waals surface area (Å²) in [6.45, 7) is 5.22. The van der Waals surface area contributed by atoms with Crippen LogP contribution in [0.25, 0.3) is 0 Å². The van der Waals surface area contributed by atoms with Gasteiger partial charge in [-0.2, -0.15) is 4.20 Å². The molecular weight excluding hydrogens is 248 g/mol. The van der Waals surface area contributed by atoms with Gasteiger partial charge in [0.1, 0.15) is 0 Å². The second kappa shape index (κ2) is 6.00. The van der Waals surface area contributed by atoms with Gasteiger partial charge in [-0.25, -0.2) is 4.67 Å². The van der Waals surface area contributed by atoms with Crippen LogP contribution >= 0.6 is 17.1 Å². The summed E-state index contributed by atoms with van der Waals surface area (Å²) in [5.41, 5.74) is -2.94. The van der Waals surface area contributed by atoms with E-state index in [1.807, 2.05) is 44.2 Å². The molecule has 1 atom stereocenters. The van der Waals surface area contributed by atoms with Crippen molar-refractivity contribution >= 4 is 28.9 Å². The van der Waals surface area contributed by atoms with Crippen LogP contribution in [0.4, 0.5) is 4.20 Å². The first-order valence-electron chi connectivity index (χ1n) is 4.90. The number of hydrogen-bond acceptors (Lipinski definition) is 2. The summed E-state index contributed by atoms with van der Waals surface area (Å²) in [7, 11) is 0. The fourth-order valence-corrected chi connectivity index (χ4v) is 6.21. The lowest BCUT2D eigenvalue weighted by Crippen LogP contribution is -2.15. The van der Waals surface area contributed by atoms with E-state index in [1.54, 1.807) is 4.67 Å². The molecule has 0 aliphatic carbocycles. The van der Waals surface area contributed by atoms with Crippen LogP contribution in [0.3, 0.4) is 0 Å². The van der Waals surface area contributed by atoms with Crippen molar-refractivity contribution in [3.8, 4) is 0 Å². The molecule has 5 heteroatoms. The van der Waals surface area contributed by atoms with E-state index in [1.165, 1.54) is 11.4 Å². The van der Waals surface area contributed by atoms with E-state index in [0.29, 0.717) is 13.1 Å². The molecule has 0 fully saturated rings. The lowest BCUT2D eigenvalue weighted by atomic mass is 10.4. The molecule has 0 radical (unpaired) electrons.